The van der Waals surface area contributed by atoms with Crippen LogP contribution in [0.3, 0.4) is 0 Å². The molecule has 21 heavy (non-hydrogen) atoms. The van der Waals surface area contributed by atoms with Gasteiger partial charge < -0.3 is 11.1 Å². The van der Waals surface area contributed by atoms with Gasteiger partial charge in [-0.1, -0.05) is 13.8 Å². The molecule has 124 valence electrons. The Balaban J connectivity index is 2.46. The number of hydrogen-bond acceptors (Lipinski definition) is 4. The summed E-state index contributed by atoms with van der Waals surface area (Å²) in [6.07, 6.45) is 4.30. The summed E-state index contributed by atoms with van der Waals surface area (Å²) in [5.41, 5.74) is 5.31. The zero-order valence-corrected chi connectivity index (χ0v) is 14.2. The quantitative estimate of drug-likeness (QED) is 0.716. The fourth-order valence-corrected chi connectivity index (χ4v) is 3.70. The first-order valence-electron chi connectivity index (χ1n) is 7.72. The van der Waals surface area contributed by atoms with Crippen molar-refractivity contribution in [3.63, 3.8) is 0 Å². The molecule has 1 rings (SSSR count). The molecule has 0 aromatic rings. The molecular weight excluding hydrogens is 290 g/mol. The molecule has 7 heteroatoms. The number of hydrogen-bond donors (Lipinski definition) is 2. The molecule has 0 spiro atoms. The van der Waals surface area contributed by atoms with E-state index >= 15 is 0 Å². The molecule has 1 heterocycles. The number of nitrogens with two attached hydrogens (primary N) is 1. The average Bonchev–Trinajstić information content (AvgIpc) is 2.47. The predicted octanol–water partition coefficient (Wildman–Crippen LogP) is 0.539. The minimum absolute atomic E-state index is 0.0283. The van der Waals surface area contributed by atoms with E-state index in [0.29, 0.717) is 32.1 Å². The lowest BCUT2D eigenvalue weighted by atomic mass is 9.81. The molecule has 1 amide bonds. The number of carbonyl (C=O) groups is 1. The van der Waals surface area contributed by atoms with E-state index in [4.69, 9.17) is 5.73 Å². The van der Waals surface area contributed by atoms with Gasteiger partial charge in [0.1, 0.15) is 0 Å². The summed E-state index contributed by atoms with van der Waals surface area (Å²) in [6, 6.07) is 0. The number of nitrogens with one attached hydrogen (secondary N) is 1. The number of nitrogens with zero attached hydrogens (tertiary/aromatic N) is 1. The largest absolute Gasteiger partial charge is 0.355 e. The molecule has 1 aliphatic rings. The van der Waals surface area contributed by atoms with Crippen LogP contribution in [-0.4, -0.2) is 51.1 Å². The van der Waals surface area contributed by atoms with Crippen molar-refractivity contribution >= 4 is 15.9 Å². The molecule has 0 aromatic carbocycles. The topological polar surface area (TPSA) is 92.5 Å². The van der Waals surface area contributed by atoms with Crippen LogP contribution in [0.4, 0.5) is 0 Å². The number of amides is 1. The van der Waals surface area contributed by atoms with E-state index in [1.807, 2.05) is 13.8 Å². The summed E-state index contributed by atoms with van der Waals surface area (Å²) in [5, 5.41) is 3.01. The Labute approximate surface area is 128 Å². The highest BCUT2D eigenvalue weighted by atomic mass is 32.2. The molecule has 1 saturated heterocycles. The van der Waals surface area contributed by atoms with Crippen LogP contribution in [0.1, 0.15) is 39.5 Å². The second-order valence-electron chi connectivity index (χ2n) is 6.01. The van der Waals surface area contributed by atoms with Gasteiger partial charge in [0, 0.05) is 26.2 Å². The molecular formula is C14H29N3O3S. The standard InChI is InChI=1S/C14H29N3O3S/c1-4-14(5-2,11-15)13(18)16-10-12-6-8-17(9-7-12)21(3,19)20/h12H,4-11,15H2,1-3H3,(H,16,18). The summed E-state index contributed by atoms with van der Waals surface area (Å²) in [4.78, 5) is 12.3. The van der Waals surface area contributed by atoms with Crippen molar-refractivity contribution in [2.75, 3.05) is 32.4 Å². The third-order valence-corrected chi connectivity index (χ3v) is 6.12. The Hall–Kier alpha value is -0.660. The third kappa shape index (κ3) is 4.66. The molecule has 0 radical (unpaired) electrons. The van der Waals surface area contributed by atoms with Gasteiger partial charge in [0.2, 0.25) is 15.9 Å². The SMILES string of the molecule is CCC(CC)(CN)C(=O)NCC1CCN(S(C)(=O)=O)CC1. The fraction of sp³-hybridized carbons (Fsp3) is 0.929. The number of carbonyl (C=O) groups excluding carboxylic acids is 1. The normalized spacial score (nSPS) is 18.7. The highest BCUT2D eigenvalue weighted by Gasteiger charge is 2.34. The summed E-state index contributed by atoms with van der Waals surface area (Å²) in [5.74, 6) is 0.372. The number of rotatable bonds is 7. The Kier molecular flexibility index (Phi) is 6.62. The van der Waals surface area contributed by atoms with E-state index < -0.39 is 15.4 Å². The summed E-state index contributed by atoms with van der Waals surface area (Å²) in [7, 11) is -3.09. The van der Waals surface area contributed by atoms with E-state index in [-0.39, 0.29) is 5.91 Å². The fourth-order valence-electron chi connectivity index (χ4n) is 2.82. The maximum atomic E-state index is 12.3. The van der Waals surface area contributed by atoms with Crippen molar-refractivity contribution in [1.29, 1.82) is 0 Å². The lowest BCUT2D eigenvalue weighted by Crippen LogP contribution is -2.47. The molecule has 6 nitrogen and oxygen atoms in total. The maximum absolute atomic E-state index is 12.3. The van der Waals surface area contributed by atoms with Gasteiger partial charge in [-0.05, 0) is 31.6 Å². The minimum Gasteiger partial charge on any atom is -0.355 e. The van der Waals surface area contributed by atoms with Gasteiger partial charge in [0.05, 0.1) is 11.7 Å². The Morgan fingerprint density at radius 3 is 2.19 bits per heavy atom. The van der Waals surface area contributed by atoms with Crippen LogP contribution in [-0.2, 0) is 14.8 Å². The zero-order chi connectivity index (χ0) is 16.1. The van der Waals surface area contributed by atoms with Gasteiger partial charge in [0.25, 0.3) is 0 Å². The van der Waals surface area contributed by atoms with Crippen molar-refractivity contribution in [3.8, 4) is 0 Å². The first-order valence-corrected chi connectivity index (χ1v) is 9.57. The van der Waals surface area contributed by atoms with E-state index in [1.54, 1.807) is 0 Å². The Morgan fingerprint density at radius 2 is 1.81 bits per heavy atom. The van der Waals surface area contributed by atoms with Crippen molar-refractivity contribution in [3.05, 3.63) is 0 Å². The molecule has 3 N–H and O–H groups in total. The van der Waals surface area contributed by atoms with Gasteiger partial charge in [-0.3, -0.25) is 4.79 Å². The molecule has 0 bridgehead atoms. The van der Waals surface area contributed by atoms with E-state index in [0.717, 1.165) is 25.7 Å². The van der Waals surface area contributed by atoms with Crippen LogP contribution >= 0.6 is 0 Å². The van der Waals surface area contributed by atoms with Crippen LogP contribution in [0, 0.1) is 11.3 Å². The van der Waals surface area contributed by atoms with Gasteiger partial charge in [-0.15, -0.1) is 0 Å². The zero-order valence-electron chi connectivity index (χ0n) is 13.4. The second-order valence-corrected chi connectivity index (χ2v) is 7.99. The molecule has 0 aliphatic carbocycles. The van der Waals surface area contributed by atoms with Crippen molar-refractivity contribution in [2.24, 2.45) is 17.1 Å². The molecule has 1 aliphatic heterocycles. The number of piperidine rings is 1. The van der Waals surface area contributed by atoms with Gasteiger partial charge >= 0.3 is 0 Å². The van der Waals surface area contributed by atoms with Crippen molar-refractivity contribution in [1.82, 2.24) is 9.62 Å². The number of sulfonamides is 1. The molecule has 0 atom stereocenters. The van der Waals surface area contributed by atoms with E-state index in [9.17, 15) is 13.2 Å². The summed E-state index contributed by atoms with van der Waals surface area (Å²) in [6.45, 7) is 6.03. The monoisotopic (exact) mass is 319 g/mol. The van der Waals surface area contributed by atoms with Crippen molar-refractivity contribution < 1.29 is 13.2 Å². The first kappa shape index (κ1) is 18.4. The van der Waals surface area contributed by atoms with Crippen LogP contribution in [0.2, 0.25) is 0 Å². The molecule has 0 unspecified atom stereocenters. The minimum atomic E-state index is -3.09. The van der Waals surface area contributed by atoms with E-state index in [1.165, 1.54) is 10.6 Å². The lowest BCUT2D eigenvalue weighted by molar-refractivity contribution is -0.131. The van der Waals surface area contributed by atoms with Crippen LogP contribution < -0.4 is 11.1 Å². The summed E-state index contributed by atoms with van der Waals surface area (Å²) < 4.78 is 24.4. The highest BCUT2D eigenvalue weighted by molar-refractivity contribution is 7.88. The smallest absolute Gasteiger partial charge is 0.227 e. The third-order valence-electron chi connectivity index (χ3n) is 4.82. The van der Waals surface area contributed by atoms with Crippen LogP contribution in [0.25, 0.3) is 0 Å². The Morgan fingerprint density at radius 1 is 1.29 bits per heavy atom. The second kappa shape index (κ2) is 7.56. The first-order chi connectivity index (χ1) is 9.79. The molecule has 1 fully saturated rings. The van der Waals surface area contributed by atoms with Gasteiger partial charge in [-0.2, -0.15) is 0 Å². The molecule has 0 aromatic heterocycles. The average molecular weight is 319 g/mol. The summed E-state index contributed by atoms with van der Waals surface area (Å²) >= 11 is 0. The molecule has 0 saturated carbocycles. The highest BCUT2D eigenvalue weighted by Crippen LogP contribution is 2.25. The maximum Gasteiger partial charge on any atom is 0.227 e. The van der Waals surface area contributed by atoms with Crippen LogP contribution in [0.15, 0.2) is 0 Å². The van der Waals surface area contributed by atoms with E-state index in [2.05, 4.69) is 5.32 Å². The Bertz CT molecular complexity index is 430. The lowest BCUT2D eigenvalue weighted by Gasteiger charge is -2.32. The van der Waals surface area contributed by atoms with Crippen molar-refractivity contribution in [2.45, 2.75) is 39.5 Å². The predicted molar refractivity (Wildman–Crippen MR) is 84.2 cm³/mol. The van der Waals surface area contributed by atoms with Crippen LogP contribution in [0.5, 0.6) is 0 Å². The van der Waals surface area contributed by atoms with Gasteiger partial charge in [0.15, 0.2) is 0 Å². The van der Waals surface area contributed by atoms with Gasteiger partial charge in [-0.25, -0.2) is 12.7 Å².